The predicted octanol–water partition coefficient (Wildman–Crippen LogP) is 5.98. The number of hydrogen-bond acceptors (Lipinski definition) is 14. The number of nitrogens with two attached hydrogens (primary N) is 1. The Hall–Kier alpha value is -7.42. The molecule has 3 aliphatic heterocycles. The van der Waals surface area contributed by atoms with Gasteiger partial charge in [-0.15, -0.1) is 0 Å². The summed E-state index contributed by atoms with van der Waals surface area (Å²) in [6.45, 7) is 9.49. The maximum absolute atomic E-state index is 16.1. The fraction of sp³-hybridized carbons (Fsp3) is 0.526. The lowest BCUT2D eigenvalue weighted by Crippen LogP contribution is -2.64. The maximum atomic E-state index is 16.1. The molecular formula is C57H75ClF2N10O13S. The second kappa shape index (κ2) is 28.9. The minimum absolute atomic E-state index is 0.00406. The standard InChI is InChI=1S/C57H75ClF2N10O13S/c1-30(2)49(67-53(84)63-20-9-10-22-70-45(71)16-17-46(70)72)51(75)64-37(14-12-21-62-52(61)76)50(74)65-38-26-36(60)39(27-35(38)59)66-54(77)83-44-28-47(73)69(6)40-24-33(25-41(80-7)48(40)58)23-31(3)13-11-15-43(81-8)57(79)29-42(82-55(78)68-57)32(4)34-18-19-56(34,44)5/h11,13,15-17,24-27,30,32,34,37,42-44,49,79H,9-10,12,14,18-23,28-29H2,1-8H3,(H,64,75)(H,65,74)(H,66,77)(H,68,78)(H3,61,62,76)(H2,63,67,84)/b15-11+,31-13+/t32-,34-,37-,42-,43+,44-,49-,56+,57-/m0/s1. The first kappa shape index (κ1) is 65.7. The number of thiocarbonyl (C=S) groups is 1. The molecule has 4 bridgehead atoms. The minimum Gasteiger partial charge on any atom is -0.495 e. The van der Waals surface area contributed by atoms with Crippen molar-refractivity contribution in [2.45, 2.75) is 129 Å². The molecule has 27 heteroatoms. The number of urea groups is 1. The van der Waals surface area contributed by atoms with Crippen LogP contribution in [0.25, 0.3) is 0 Å². The normalized spacial score (nSPS) is 25.1. The Kier molecular flexibility index (Phi) is 22.6. The Morgan fingerprint density at radius 1 is 0.964 bits per heavy atom. The van der Waals surface area contributed by atoms with Crippen LogP contribution in [0.3, 0.4) is 0 Å². The van der Waals surface area contributed by atoms with Gasteiger partial charge in [-0.3, -0.25) is 39.5 Å². The van der Waals surface area contributed by atoms with Crippen LogP contribution in [0.2, 0.25) is 5.02 Å². The molecule has 0 radical (unpaired) electrons. The van der Waals surface area contributed by atoms with E-state index in [0.717, 1.165) is 16.0 Å². The zero-order valence-corrected chi connectivity index (χ0v) is 49.7. The molecule has 84 heavy (non-hydrogen) atoms. The summed E-state index contributed by atoms with van der Waals surface area (Å²) in [5, 5.41) is 30.2. The van der Waals surface area contributed by atoms with Gasteiger partial charge in [0.15, 0.2) is 10.8 Å². The van der Waals surface area contributed by atoms with E-state index in [1.54, 1.807) is 45.1 Å². The number of anilines is 3. The second-order valence-electron chi connectivity index (χ2n) is 22.0. The number of hydrogen-bond donors (Lipinski definition) is 9. The monoisotopic (exact) mass is 1210 g/mol. The van der Waals surface area contributed by atoms with Crippen LogP contribution in [-0.2, 0) is 44.6 Å². The largest absolute Gasteiger partial charge is 0.495 e. The van der Waals surface area contributed by atoms with Gasteiger partial charge in [0.1, 0.15) is 52.8 Å². The van der Waals surface area contributed by atoms with Crippen LogP contribution in [-0.4, -0.2) is 140 Å². The number of imide groups is 1. The van der Waals surface area contributed by atoms with Crippen LogP contribution in [0.15, 0.2) is 60.2 Å². The highest BCUT2D eigenvalue weighted by Gasteiger charge is 2.57. The molecule has 1 aliphatic carbocycles. The van der Waals surface area contributed by atoms with E-state index >= 15 is 8.78 Å². The van der Waals surface area contributed by atoms with Crippen LogP contribution < -0.4 is 52.6 Å². The smallest absolute Gasteiger partial charge is 0.412 e. The average molecular weight is 1210 g/mol. The van der Waals surface area contributed by atoms with Crippen LogP contribution in [0.5, 0.6) is 5.75 Å². The zero-order valence-electron chi connectivity index (χ0n) is 48.2. The lowest BCUT2D eigenvalue weighted by atomic mass is 9.53. The number of fused-ring (bicyclic) bond motifs is 5. The number of primary amides is 1. The van der Waals surface area contributed by atoms with Crippen molar-refractivity contribution in [1.29, 1.82) is 0 Å². The molecule has 458 valence electrons. The van der Waals surface area contributed by atoms with Crippen molar-refractivity contribution in [3.8, 4) is 5.75 Å². The molecule has 2 fully saturated rings. The molecule has 10 N–H and O–H groups in total. The lowest BCUT2D eigenvalue weighted by molar-refractivity contribution is -0.166. The molecule has 9 amide bonds. The number of ether oxygens (including phenoxy) is 4. The Balaban J connectivity index is 1.20. The first-order chi connectivity index (χ1) is 39.7. The Bertz CT molecular complexity index is 2930. The number of aliphatic hydroxyl groups is 1. The summed E-state index contributed by atoms with van der Waals surface area (Å²) < 4.78 is 55.4. The third kappa shape index (κ3) is 16.5. The lowest BCUT2D eigenvalue weighted by Gasteiger charge is -2.55. The minimum atomic E-state index is -1.91. The number of rotatable bonds is 19. The van der Waals surface area contributed by atoms with Crippen molar-refractivity contribution in [1.82, 2.24) is 31.5 Å². The molecule has 2 aromatic carbocycles. The Labute approximate surface area is 496 Å². The highest BCUT2D eigenvalue weighted by Crippen LogP contribution is 2.56. The number of allylic oxidation sites excluding steroid dienone is 3. The summed E-state index contributed by atoms with van der Waals surface area (Å²) in [5.74, 6) is -6.45. The Morgan fingerprint density at radius 3 is 2.25 bits per heavy atom. The van der Waals surface area contributed by atoms with Crippen molar-refractivity contribution < 1.29 is 71.2 Å². The van der Waals surface area contributed by atoms with Crippen molar-refractivity contribution in [2.24, 2.45) is 28.9 Å². The predicted molar refractivity (Wildman–Crippen MR) is 311 cm³/mol. The van der Waals surface area contributed by atoms with Gasteiger partial charge in [-0.2, -0.15) is 0 Å². The average Bonchev–Trinajstić information content (AvgIpc) is 1.45. The van der Waals surface area contributed by atoms with Crippen molar-refractivity contribution in [2.75, 3.05) is 56.4 Å². The summed E-state index contributed by atoms with van der Waals surface area (Å²) in [6, 6.07) is 1.46. The molecule has 0 aromatic heterocycles. The fourth-order valence-corrected chi connectivity index (χ4v) is 11.4. The van der Waals surface area contributed by atoms with E-state index in [-0.39, 0.29) is 65.7 Å². The molecule has 0 spiro atoms. The number of nitrogens with one attached hydrogen (secondary N) is 7. The van der Waals surface area contributed by atoms with Gasteiger partial charge in [0.05, 0.1) is 30.6 Å². The van der Waals surface area contributed by atoms with Crippen LogP contribution in [0.1, 0.15) is 91.5 Å². The van der Waals surface area contributed by atoms with Crippen molar-refractivity contribution >= 4 is 93.7 Å². The van der Waals surface area contributed by atoms with E-state index in [2.05, 4.69) is 37.2 Å². The maximum Gasteiger partial charge on any atom is 0.412 e. The van der Waals surface area contributed by atoms with E-state index in [1.165, 1.54) is 38.3 Å². The van der Waals surface area contributed by atoms with Gasteiger partial charge >= 0.3 is 18.2 Å². The van der Waals surface area contributed by atoms with E-state index in [0.29, 0.717) is 50.8 Å². The molecule has 6 rings (SSSR count). The summed E-state index contributed by atoms with van der Waals surface area (Å²) in [7, 11) is 4.33. The molecular weight excluding hydrogens is 1140 g/mol. The topological polar surface area (TPSA) is 310 Å². The molecule has 1 saturated heterocycles. The molecule has 9 atom stereocenters. The molecule has 23 nitrogen and oxygen atoms in total. The fourth-order valence-electron chi connectivity index (χ4n) is 10.9. The van der Waals surface area contributed by atoms with Gasteiger partial charge in [-0.25, -0.2) is 23.2 Å². The third-order valence-electron chi connectivity index (χ3n) is 15.8. The first-order valence-electron chi connectivity index (χ1n) is 27.6. The summed E-state index contributed by atoms with van der Waals surface area (Å²) in [6.07, 6.45) is 3.93. The first-order valence-corrected chi connectivity index (χ1v) is 28.4. The van der Waals surface area contributed by atoms with Crippen LogP contribution in [0, 0.1) is 34.8 Å². The highest BCUT2D eigenvalue weighted by molar-refractivity contribution is 7.80. The summed E-state index contributed by atoms with van der Waals surface area (Å²) in [4.78, 5) is 107. The second-order valence-corrected chi connectivity index (χ2v) is 22.8. The molecule has 3 heterocycles. The van der Waals surface area contributed by atoms with E-state index in [4.69, 9.17) is 48.5 Å². The highest BCUT2D eigenvalue weighted by atomic mass is 35.5. The summed E-state index contributed by atoms with van der Waals surface area (Å²) in [5.41, 5.74) is 2.78. The Morgan fingerprint density at radius 2 is 1.63 bits per heavy atom. The third-order valence-corrected chi connectivity index (χ3v) is 16.4. The van der Waals surface area contributed by atoms with Gasteiger partial charge in [-0.1, -0.05) is 63.1 Å². The number of benzene rings is 2. The number of methoxy groups -OCH3 is 2. The van der Waals surface area contributed by atoms with Crippen molar-refractivity contribution in [3.05, 3.63) is 82.4 Å². The molecule has 1 saturated carbocycles. The zero-order chi connectivity index (χ0) is 61.8. The number of nitrogens with zero attached hydrogens (tertiary/aromatic N) is 2. The molecule has 0 unspecified atom stereocenters. The van der Waals surface area contributed by atoms with E-state index in [9.17, 15) is 43.5 Å². The number of carbonyl (C=O) groups is 8. The quantitative estimate of drug-likeness (QED) is 0.0444. The number of halogens is 3. The number of unbranched alkanes of at least 4 members (excludes halogenated alkanes) is 1. The van der Waals surface area contributed by atoms with Gasteiger partial charge in [0, 0.05) is 69.9 Å². The van der Waals surface area contributed by atoms with Gasteiger partial charge < -0.3 is 61.3 Å². The number of alkyl carbamates (subject to hydrolysis) is 1. The van der Waals surface area contributed by atoms with Crippen LogP contribution >= 0.6 is 23.8 Å². The number of carbonyl (C=O) groups excluding carboxylic acids is 8. The molecule has 2 aromatic rings. The van der Waals surface area contributed by atoms with E-state index < -0.39 is 125 Å². The number of amides is 9. The van der Waals surface area contributed by atoms with Gasteiger partial charge in [0.25, 0.3) is 11.8 Å². The van der Waals surface area contributed by atoms with Crippen LogP contribution in [0.4, 0.5) is 40.2 Å². The van der Waals surface area contributed by atoms with Gasteiger partial charge in [0.2, 0.25) is 17.7 Å². The summed E-state index contributed by atoms with van der Waals surface area (Å²) >= 11 is 12.3. The SMILES string of the molecule is COc1cc2cc(c1Cl)N(C)C(=O)C[C@H](OC(=O)Nc1cc(F)c(NC(=O)[C@H](CCCNC(N)=O)NC(=O)[C@@H](NC(=S)NCCCCN3C(=O)C=CC3=O)C(C)C)cc1F)[C@]1(C)CC[C@H]1[C@H](C)[C@@H]1C[C@@](O)(NC(=O)O1)[C@H](OC)/C=C/C=C(\C)C2. The van der Waals surface area contributed by atoms with Crippen molar-refractivity contribution in [3.63, 3.8) is 0 Å². The van der Waals surface area contributed by atoms with Gasteiger partial charge in [-0.05, 0) is 99.5 Å². The molecule has 4 aliphatic rings. The van der Waals surface area contributed by atoms with E-state index in [1.807, 2.05) is 19.9 Å².